The molecule has 0 amide bonds. The van der Waals surface area contributed by atoms with Crippen molar-refractivity contribution in [2.45, 2.75) is 23.7 Å². The summed E-state index contributed by atoms with van der Waals surface area (Å²) < 4.78 is -1.67. The number of rotatable bonds is 2. The van der Waals surface area contributed by atoms with Crippen molar-refractivity contribution in [1.29, 1.82) is 0 Å². The second-order valence-electron chi connectivity index (χ2n) is 4.35. The molecular formula is C12H11Cl4N3. The first-order chi connectivity index (χ1) is 8.77. The molecular weight excluding hydrogens is 328 g/mol. The lowest BCUT2D eigenvalue weighted by Gasteiger charge is -2.16. The average molecular weight is 339 g/mol. The van der Waals surface area contributed by atoms with E-state index in [1.807, 2.05) is 13.8 Å². The lowest BCUT2D eigenvalue weighted by molar-refractivity contribution is 0.880. The van der Waals surface area contributed by atoms with Crippen LogP contribution in [0.25, 0.3) is 10.9 Å². The second-order valence-corrected chi connectivity index (χ2v) is 7.07. The van der Waals surface area contributed by atoms with E-state index in [2.05, 4.69) is 15.3 Å². The maximum atomic E-state index is 6.00. The molecule has 1 aromatic carbocycles. The summed E-state index contributed by atoms with van der Waals surface area (Å²) in [5, 5.41) is 4.59. The Morgan fingerprint density at radius 1 is 1.16 bits per heavy atom. The summed E-state index contributed by atoms with van der Waals surface area (Å²) in [4.78, 5) is 8.53. The third-order valence-corrected chi connectivity index (χ3v) is 3.08. The van der Waals surface area contributed by atoms with E-state index in [-0.39, 0.29) is 11.9 Å². The van der Waals surface area contributed by atoms with Crippen molar-refractivity contribution < 1.29 is 0 Å². The van der Waals surface area contributed by atoms with Gasteiger partial charge < -0.3 is 5.32 Å². The monoisotopic (exact) mass is 337 g/mol. The summed E-state index contributed by atoms with van der Waals surface area (Å²) in [5.74, 6) is 0.735. The molecule has 1 N–H and O–H groups in total. The standard InChI is InChI=1S/C12H11Cl4N3/c1-6(2)17-10-8-5-7(13)3-4-9(8)18-11(19-10)12(14,15)16/h3-6H,1-2H3,(H,17,18,19). The van der Waals surface area contributed by atoms with E-state index in [0.29, 0.717) is 16.4 Å². The number of fused-ring (bicyclic) bond motifs is 1. The van der Waals surface area contributed by atoms with Crippen molar-refractivity contribution in [2.24, 2.45) is 0 Å². The lowest BCUT2D eigenvalue weighted by atomic mass is 10.2. The maximum Gasteiger partial charge on any atom is 0.250 e. The molecule has 0 bridgehead atoms. The van der Waals surface area contributed by atoms with Crippen LogP contribution in [0.5, 0.6) is 0 Å². The zero-order valence-electron chi connectivity index (χ0n) is 10.2. The van der Waals surface area contributed by atoms with Crippen molar-refractivity contribution in [3.63, 3.8) is 0 Å². The molecule has 1 aromatic heterocycles. The molecule has 0 unspecified atom stereocenters. The van der Waals surface area contributed by atoms with Gasteiger partial charge in [0.1, 0.15) is 5.82 Å². The third kappa shape index (κ3) is 3.54. The highest BCUT2D eigenvalue weighted by Gasteiger charge is 2.28. The molecule has 0 aliphatic heterocycles. The van der Waals surface area contributed by atoms with Gasteiger partial charge >= 0.3 is 0 Å². The predicted octanol–water partition coefficient (Wildman–Crippen LogP) is 4.93. The SMILES string of the molecule is CC(C)Nc1nc(C(Cl)(Cl)Cl)nc2ccc(Cl)cc12. The Kier molecular flexibility index (Phi) is 4.31. The first kappa shape index (κ1) is 14.9. The first-order valence-corrected chi connectivity index (χ1v) is 7.09. The summed E-state index contributed by atoms with van der Waals surface area (Å²) >= 11 is 23.5. The van der Waals surface area contributed by atoms with Crippen LogP contribution < -0.4 is 5.32 Å². The van der Waals surface area contributed by atoms with Crippen molar-refractivity contribution in [3.05, 3.63) is 29.0 Å². The number of nitrogens with one attached hydrogen (secondary N) is 1. The number of aromatic nitrogens is 2. The van der Waals surface area contributed by atoms with Gasteiger partial charge in [0.25, 0.3) is 0 Å². The maximum absolute atomic E-state index is 6.00. The van der Waals surface area contributed by atoms with Crippen molar-refractivity contribution in [2.75, 3.05) is 5.32 Å². The zero-order valence-corrected chi connectivity index (χ0v) is 13.2. The van der Waals surface area contributed by atoms with Crippen molar-refractivity contribution >= 4 is 63.1 Å². The molecule has 2 aromatic rings. The summed E-state index contributed by atoms with van der Waals surface area (Å²) in [7, 11) is 0. The third-order valence-electron chi connectivity index (χ3n) is 2.34. The molecule has 0 spiro atoms. The molecule has 0 aliphatic carbocycles. The van der Waals surface area contributed by atoms with Crippen molar-refractivity contribution in [3.8, 4) is 0 Å². The first-order valence-electron chi connectivity index (χ1n) is 5.58. The highest BCUT2D eigenvalue weighted by molar-refractivity contribution is 6.66. The Morgan fingerprint density at radius 3 is 2.42 bits per heavy atom. The molecule has 19 heavy (non-hydrogen) atoms. The average Bonchev–Trinajstić information content (AvgIpc) is 2.27. The van der Waals surface area contributed by atoms with Crippen LogP contribution in [0.4, 0.5) is 5.82 Å². The van der Waals surface area contributed by atoms with Crippen LogP contribution >= 0.6 is 46.4 Å². The molecule has 102 valence electrons. The summed E-state index contributed by atoms with van der Waals surface area (Å²) in [6.45, 7) is 3.99. The second kappa shape index (κ2) is 5.49. The summed E-state index contributed by atoms with van der Waals surface area (Å²) in [6, 6.07) is 5.47. The fourth-order valence-corrected chi connectivity index (χ4v) is 2.04. The summed E-state index contributed by atoms with van der Waals surface area (Å²) in [6.07, 6.45) is 0. The Labute approximate surface area is 131 Å². The van der Waals surface area contributed by atoms with E-state index in [4.69, 9.17) is 46.4 Å². The topological polar surface area (TPSA) is 37.8 Å². The molecule has 0 saturated heterocycles. The van der Waals surface area contributed by atoms with Gasteiger partial charge in [-0.15, -0.1) is 0 Å². The van der Waals surface area contributed by atoms with E-state index in [9.17, 15) is 0 Å². The fraction of sp³-hybridized carbons (Fsp3) is 0.333. The normalized spacial score (nSPS) is 12.2. The lowest BCUT2D eigenvalue weighted by Crippen LogP contribution is -2.15. The number of alkyl halides is 3. The van der Waals surface area contributed by atoms with Crippen LogP contribution in [0.1, 0.15) is 19.7 Å². The molecule has 0 fully saturated rings. The largest absolute Gasteiger partial charge is 0.367 e. The van der Waals surface area contributed by atoms with E-state index in [1.54, 1.807) is 18.2 Å². The van der Waals surface area contributed by atoms with E-state index in [0.717, 1.165) is 5.39 Å². The Balaban J connectivity index is 2.69. The van der Waals surface area contributed by atoms with Gasteiger partial charge in [0.15, 0.2) is 5.82 Å². The predicted molar refractivity (Wildman–Crippen MR) is 82.5 cm³/mol. The van der Waals surface area contributed by atoms with Gasteiger partial charge in [-0.25, -0.2) is 9.97 Å². The Hall–Kier alpha value is -0.480. The van der Waals surface area contributed by atoms with Crippen LogP contribution in [0, 0.1) is 0 Å². The molecule has 0 aliphatic rings. The number of hydrogen-bond acceptors (Lipinski definition) is 3. The van der Waals surface area contributed by atoms with Gasteiger partial charge in [-0.1, -0.05) is 46.4 Å². The molecule has 7 heteroatoms. The molecule has 1 heterocycles. The van der Waals surface area contributed by atoms with Gasteiger partial charge in [0.2, 0.25) is 3.79 Å². The minimum absolute atomic E-state index is 0.135. The van der Waals surface area contributed by atoms with Crippen LogP contribution in [0.3, 0.4) is 0 Å². The Bertz CT molecular complexity index is 608. The quantitative estimate of drug-likeness (QED) is 0.789. The number of hydrogen-bond donors (Lipinski definition) is 1. The Morgan fingerprint density at radius 2 is 1.84 bits per heavy atom. The number of halogens is 4. The summed E-state index contributed by atoms with van der Waals surface area (Å²) in [5.41, 5.74) is 0.670. The highest BCUT2D eigenvalue weighted by atomic mass is 35.6. The van der Waals surface area contributed by atoms with Crippen LogP contribution in [-0.4, -0.2) is 16.0 Å². The van der Waals surface area contributed by atoms with Gasteiger partial charge in [-0.05, 0) is 32.0 Å². The zero-order chi connectivity index (χ0) is 14.2. The number of anilines is 1. The van der Waals surface area contributed by atoms with Gasteiger partial charge in [-0.3, -0.25) is 0 Å². The van der Waals surface area contributed by atoms with E-state index >= 15 is 0 Å². The van der Waals surface area contributed by atoms with E-state index in [1.165, 1.54) is 0 Å². The number of benzene rings is 1. The minimum Gasteiger partial charge on any atom is -0.367 e. The molecule has 0 atom stereocenters. The fourth-order valence-electron chi connectivity index (χ4n) is 1.61. The molecule has 0 radical (unpaired) electrons. The molecule has 3 nitrogen and oxygen atoms in total. The van der Waals surface area contributed by atoms with Crippen LogP contribution in [-0.2, 0) is 3.79 Å². The van der Waals surface area contributed by atoms with E-state index < -0.39 is 3.79 Å². The van der Waals surface area contributed by atoms with Crippen LogP contribution in [0.15, 0.2) is 18.2 Å². The molecule has 2 rings (SSSR count). The smallest absolute Gasteiger partial charge is 0.250 e. The number of nitrogens with zero attached hydrogens (tertiary/aromatic N) is 2. The molecule has 0 saturated carbocycles. The minimum atomic E-state index is -1.67. The van der Waals surface area contributed by atoms with Crippen molar-refractivity contribution in [1.82, 2.24) is 9.97 Å². The van der Waals surface area contributed by atoms with Crippen LogP contribution in [0.2, 0.25) is 5.02 Å². The highest BCUT2D eigenvalue weighted by Crippen LogP contribution is 2.38. The van der Waals surface area contributed by atoms with Gasteiger partial charge in [-0.2, -0.15) is 0 Å². The van der Waals surface area contributed by atoms with Gasteiger partial charge in [0.05, 0.1) is 5.52 Å². The van der Waals surface area contributed by atoms with Gasteiger partial charge in [0, 0.05) is 16.5 Å².